The van der Waals surface area contributed by atoms with Gasteiger partial charge in [0.05, 0.1) is 13.1 Å². The molecule has 76 valence electrons. The van der Waals surface area contributed by atoms with Crippen molar-refractivity contribution in [3.8, 4) is 0 Å². The van der Waals surface area contributed by atoms with Crippen LogP contribution >= 0.6 is 11.3 Å². The first kappa shape index (κ1) is 9.68. The topological polar surface area (TPSA) is 41.1 Å². The van der Waals surface area contributed by atoms with Crippen molar-refractivity contribution < 1.29 is 4.79 Å². The third-order valence-corrected chi connectivity index (χ3v) is 3.04. The molecule has 0 bridgehead atoms. The Kier molecular flexibility index (Phi) is 3.16. The number of carbonyl (C=O) groups is 1. The lowest BCUT2D eigenvalue weighted by molar-refractivity contribution is -0.120. The zero-order valence-corrected chi connectivity index (χ0v) is 8.77. The molecule has 0 unspecified atom stereocenters. The van der Waals surface area contributed by atoms with Crippen molar-refractivity contribution in [2.45, 2.75) is 25.4 Å². The Hall–Kier alpha value is -0.870. The van der Waals surface area contributed by atoms with E-state index in [2.05, 4.69) is 10.6 Å². The summed E-state index contributed by atoms with van der Waals surface area (Å²) in [6.45, 7) is 1.11. The summed E-state index contributed by atoms with van der Waals surface area (Å²) in [5.74, 6) is 0.0882. The van der Waals surface area contributed by atoms with Crippen molar-refractivity contribution in [1.82, 2.24) is 10.6 Å². The van der Waals surface area contributed by atoms with Crippen LogP contribution in [0.3, 0.4) is 0 Å². The molecule has 1 aliphatic rings. The summed E-state index contributed by atoms with van der Waals surface area (Å²) < 4.78 is 0. The van der Waals surface area contributed by atoms with Gasteiger partial charge in [-0.3, -0.25) is 4.79 Å². The molecule has 0 atom stereocenters. The van der Waals surface area contributed by atoms with E-state index < -0.39 is 0 Å². The van der Waals surface area contributed by atoms with Crippen molar-refractivity contribution in [3.05, 3.63) is 22.4 Å². The van der Waals surface area contributed by atoms with Gasteiger partial charge in [0.15, 0.2) is 0 Å². The van der Waals surface area contributed by atoms with Gasteiger partial charge in [-0.2, -0.15) is 0 Å². The van der Waals surface area contributed by atoms with Crippen LogP contribution in [-0.4, -0.2) is 18.5 Å². The number of hydrogen-bond acceptors (Lipinski definition) is 3. The second kappa shape index (κ2) is 4.57. The van der Waals surface area contributed by atoms with Crippen molar-refractivity contribution in [2.75, 3.05) is 6.54 Å². The van der Waals surface area contributed by atoms with E-state index in [0.29, 0.717) is 19.1 Å². The molecule has 2 rings (SSSR count). The van der Waals surface area contributed by atoms with Crippen molar-refractivity contribution in [3.63, 3.8) is 0 Å². The molecule has 0 spiro atoms. The predicted octanol–water partition coefficient (Wildman–Crippen LogP) is 1.12. The molecule has 0 radical (unpaired) electrons. The molecule has 1 fully saturated rings. The maximum absolute atomic E-state index is 11.3. The van der Waals surface area contributed by atoms with Crippen LogP contribution in [0.15, 0.2) is 17.5 Å². The maximum atomic E-state index is 11.3. The normalized spacial score (nSPS) is 15.4. The Morgan fingerprint density at radius 2 is 2.43 bits per heavy atom. The highest BCUT2D eigenvalue weighted by atomic mass is 32.1. The summed E-state index contributed by atoms with van der Waals surface area (Å²) in [6.07, 6.45) is 2.44. The van der Waals surface area contributed by atoms with Crippen LogP contribution < -0.4 is 10.6 Å². The molecule has 0 aliphatic heterocycles. The number of rotatable bonds is 5. The van der Waals surface area contributed by atoms with Gasteiger partial charge in [0.25, 0.3) is 0 Å². The van der Waals surface area contributed by atoms with Gasteiger partial charge in [0.2, 0.25) is 5.91 Å². The third-order valence-electron chi connectivity index (χ3n) is 2.17. The van der Waals surface area contributed by atoms with Crippen LogP contribution in [0.5, 0.6) is 0 Å². The minimum Gasteiger partial charge on any atom is -0.350 e. The zero-order valence-electron chi connectivity index (χ0n) is 7.95. The Labute approximate surface area is 87.5 Å². The Morgan fingerprint density at radius 1 is 1.57 bits per heavy atom. The zero-order chi connectivity index (χ0) is 9.80. The molecule has 1 saturated carbocycles. The highest BCUT2D eigenvalue weighted by Crippen LogP contribution is 2.17. The monoisotopic (exact) mass is 210 g/mol. The van der Waals surface area contributed by atoms with E-state index in [4.69, 9.17) is 0 Å². The first-order valence-corrected chi connectivity index (χ1v) is 5.75. The molecular formula is C10H14N2OS. The summed E-state index contributed by atoms with van der Waals surface area (Å²) in [5, 5.41) is 8.07. The quantitative estimate of drug-likeness (QED) is 0.764. The number of nitrogens with one attached hydrogen (secondary N) is 2. The average molecular weight is 210 g/mol. The second-order valence-electron chi connectivity index (χ2n) is 3.51. The van der Waals surface area contributed by atoms with Crippen LogP contribution in [-0.2, 0) is 11.3 Å². The maximum Gasteiger partial charge on any atom is 0.234 e. The van der Waals surface area contributed by atoms with Gasteiger partial charge in [-0.1, -0.05) is 6.07 Å². The smallest absolute Gasteiger partial charge is 0.234 e. The minimum absolute atomic E-state index is 0.0882. The summed E-state index contributed by atoms with van der Waals surface area (Å²) in [5.41, 5.74) is 0. The Balaban J connectivity index is 1.62. The lowest BCUT2D eigenvalue weighted by Gasteiger charge is -2.03. The Bertz CT molecular complexity index is 293. The van der Waals surface area contributed by atoms with Crippen LogP contribution in [0.2, 0.25) is 0 Å². The highest BCUT2D eigenvalue weighted by Gasteiger charge is 2.20. The molecule has 1 amide bonds. The third kappa shape index (κ3) is 3.12. The second-order valence-corrected chi connectivity index (χ2v) is 4.54. The van der Waals surface area contributed by atoms with Gasteiger partial charge in [0.1, 0.15) is 0 Å². The Morgan fingerprint density at radius 3 is 3.07 bits per heavy atom. The molecule has 1 aromatic rings. The molecule has 3 nitrogen and oxygen atoms in total. The first-order valence-electron chi connectivity index (χ1n) is 4.87. The molecule has 2 N–H and O–H groups in total. The lowest BCUT2D eigenvalue weighted by Crippen LogP contribution is -2.34. The molecular weight excluding hydrogens is 196 g/mol. The molecule has 0 saturated heterocycles. The van der Waals surface area contributed by atoms with Gasteiger partial charge in [-0.25, -0.2) is 0 Å². The van der Waals surface area contributed by atoms with E-state index in [1.807, 2.05) is 17.5 Å². The molecule has 1 aliphatic carbocycles. The fourth-order valence-electron chi connectivity index (χ4n) is 1.19. The SMILES string of the molecule is O=C(CNC1CC1)NCc1cccs1. The van der Waals surface area contributed by atoms with Crippen molar-refractivity contribution in [1.29, 1.82) is 0 Å². The van der Waals surface area contributed by atoms with Crippen molar-refractivity contribution >= 4 is 17.2 Å². The fourth-order valence-corrected chi connectivity index (χ4v) is 1.83. The lowest BCUT2D eigenvalue weighted by atomic mass is 10.4. The average Bonchev–Trinajstić information content (AvgIpc) is 2.87. The van der Waals surface area contributed by atoms with Crippen LogP contribution in [0.4, 0.5) is 0 Å². The van der Waals surface area contributed by atoms with E-state index in [1.54, 1.807) is 11.3 Å². The summed E-state index contributed by atoms with van der Waals surface area (Å²) in [4.78, 5) is 12.5. The summed E-state index contributed by atoms with van der Waals surface area (Å²) in [6, 6.07) is 4.62. The summed E-state index contributed by atoms with van der Waals surface area (Å²) in [7, 11) is 0. The molecule has 1 heterocycles. The van der Waals surface area contributed by atoms with E-state index in [-0.39, 0.29) is 5.91 Å². The number of hydrogen-bond donors (Lipinski definition) is 2. The predicted molar refractivity (Wildman–Crippen MR) is 57.2 cm³/mol. The highest BCUT2D eigenvalue weighted by molar-refractivity contribution is 7.09. The molecule has 14 heavy (non-hydrogen) atoms. The van der Waals surface area contributed by atoms with E-state index in [9.17, 15) is 4.79 Å². The summed E-state index contributed by atoms with van der Waals surface area (Å²) >= 11 is 1.67. The van der Waals surface area contributed by atoms with E-state index >= 15 is 0 Å². The largest absolute Gasteiger partial charge is 0.350 e. The van der Waals surface area contributed by atoms with Crippen molar-refractivity contribution in [2.24, 2.45) is 0 Å². The van der Waals surface area contributed by atoms with Crippen LogP contribution in [0.25, 0.3) is 0 Å². The molecule has 4 heteroatoms. The molecule has 0 aromatic carbocycles. The van der Waals surface area contributed by atoms with Gasteiger partial charge in [-0.05, 0) is 24.3 Å². The number of carbonyl (C=O) groups excluding carboxylic acids is 1. The van der Waals surface area contributed by atoms with Gasteiger partial charge in [0, 0.05) is 10.9 Å². The molecule has 1 aromatic heterocycles. The van der Waals surface area contributed by atoms with Gasteiger partial charge >= 0.3 is 0 Å². The number of thiophene rings is 1. The minimum atomic E-state index is 0.0882. The first-order chi connectivity index (χ1) is 6.84. The van der Waals surface area contributed by atoms with Gasteiger partial charge < -0.3 is 10.6 Å². The number of amides is 1. The fraction of sp³-hybridized carbons (Fsp3) is 0.500. The van der Waals surface area contributed by atoms with E-state index in [1.165, 1.54) is 17.7 Å². The van der Waals surface area contributed by atoms with E-state index in [0.717, 1.165) is 0 Å². The van der Waals surface area contributed by atoms with Crippen LogP contribution in [0, 0.1) is 0 Å². The van der Waals surface area contributed by atoms with Crippen LogP contribution in [0.1, 0.15) is 17.7 Å². The standard InChI is InChI=1S/C10H14N2OS/c13-10(7-11-8-3-4-8)12-6-9-2-1-5-14-9/h1-2,5,8,11H,3-4,6-7H2,(H,12,13). The van der Waals surface area contributed by atoms with Gasteiger partial charge in [-0.15, -0.1) is 11.3 Å².